The molecule has 2 amide bonds. The third kappa shape index (κ3) is 2.46. The van der Waals surface area contributed by atoms with E-state index in [2.05, 4.69) is 0 Å². The van der Waals surface area contributed by atoms with Crippen molar-refractivity contribution in [2.75, 3.05) is 7.05 Å². The van der Waals surface area contributed by atoms with E-state index in [1.54, 1.807) is 0 Å². The third-order valence-corrected chi connectivity index (χ3v) is 4.79. The van der Waals surface area contributed by atoms with Gasteiger partial charge in [-0.15, -0.1) is 0 Å². The summed E-state index contributed by atoms with van der Waals surface area (Å²) in [4.78, 5) is 22.6. The summed E-state index contributed by atoms with van der Waals surface area (Å²) in [5, 5.41) is 1.51. The summed E-state index contributed by atoms with van der Waals surface area (Å²) in [6, 6.07) is 3.35. The number of carbonyl (C=O) groups is 2. The summed E-state index contributed by atoms with van der Waals surface area (Å²) in [7, 11) is -3.21. The number of halogens is 3. The second-order valence-electron chi connectivity index (χ2n) is 4.25. The van der Waals surface area contributed by atoms with Crippen LogP contribution < -0.4 is 5.32 Å². The SMILES string of the molecule is CN1C(=O)C(NC(=O)C(F)(F)F)c2ccccc2S1(=O)=O. The smallest absolute Gasteiger partial charge is 0.333 e. The number of nitrogens with zero attached hydrogens (tertiary/aromatic N) is 1. The minimum absolute atomic E-state index is 0.196. The van der Waals surface area contributed by atoms with E-state index in [0.29, 0.717) is 4.31 Å². The Morgan fingerprint density at radius 1 is 1.29 bits per heavy atom. The Kier molecular flexibility index (Phi) is 3.44. The first-order chi connectivity index (χ1) is 9.56. The molecule has 1 heterocycles. The van der Waals surface area contributed by atoms with Gasteiger partial charge in [0.25, 0.3) is 15.9 Å². The van der Waals surface area contributed by atoms with Crippen LogP contribution in [0.3, 0.4) is 0 Å². The molecular weight excluding hydrogens is 313 g/mol. The summed E-state index contributed by atoms with van der Waals surface area (Å²) in [6.07, 6.45) is -5.18. The number of rotatable bonds is 1. The number of nitrogens with one attached hydrogen (secondary N) is 1. The molecule has 1 aromatic rings. The number of benzene rings is 1. The summed E-state index contributed by atoms with van der Waals surface area (Å²) in [6.45, 7) is 0. The zero-order valence-corrected chi connectivity index (χ0v) is 11.3. The molecule has 0 spiro atoms. The maximum atomic E-state index is 12.3. The molecule has 1 aromatic carbocycles. The molecule has 0 aliphatic carbocycles. The van der Waals surface area contributed by atoms with E-state index in [0.717, 1.165) is 13.1 Å². The molecule has 1 atom stereocenters. The minimum atomic E-state index is -5.18. The second kappa shape index (κ2) is 4.72. The number of fused-ring (bicyclic) bond motifs is 1. The zero-order chi connectivity index (χ0) is 16.0. The Balaban J connectivity index is 2.53. The molecule has 114 valence electrons. The number of alkyl halides is 3. The highest BCUT2D eigenvalue weighted by molar-refractivity contribution is 7.89. The topological polar surface area (TPSA) is 83.6 Å². The highest BCUT2D eigenvalue weighted by Crippen LogP contribution is 2.32. The van der Waals surface area contributed by atoms with E-state index < -0.39 is 34.1 Å². The first-order valence-corrected chi connectivity index (χ1v) is 7.00. The van der Waals surface area contributed by atoms with E-state index >= 15 is 0 Å². The predicted molar refractivity (Wildman–Crippen MR) is 63.3 cm³/mol. The van der Waals surface area contributed by atoms with Crippen molar-refractivity contribution in [1.29, 1.82) is 0 Å². The minimum Gasteiger partial charge on any atom is -0.333 e. The van der Waals surface area contributed by atoms with Crippen molar-refractivity contribution in [2.24, 2.45) is 0 Å². The van der Waals surface area contributed by atoms with Crippen LogP contribution in [-0.2, 0) is 19.6 Å². The molecule has 1 aliphatic heterocycles. The standard InChI is InChI=1S/C11H9F3N2O4S/c1-16-9(17)8(15-10(18)11(12,13)14)6-4-2-3-5-7(6)21(16,19)20/h2-5,8H,1H3,(H,15,18). The summed E-state index contributed by atoms with van der Waals surface area (Å²) >= 11 is 0. The number of likely N-dealkylation sites (N-methyl/N-ethyl adjacent to an activating group) is 1. The lowest BCUT2D eigenvalue weighted by atomic mass is 10.1. The van der Waals surface area contributed by atoms with Crippen LogP contribution in [0.5, 0.6) is 0 Å². The molecule has 21 heavy (non-hydrogen) atoms. The van der Waals surface area contributed by atoms with E-state index in [9.17, 15) is 31.2 Å². The fourth-order valence-electron chi connectivity index (χ4n) is 1.89. The highest BCUT2D eigenvalue weighted by atomic mass is 32.2. The number of hydrogen-bond donors (Lipinski definition) is 1. The van der Waals surface area contributed by atoms with Gasteiger partial charge < -0.3 is 5.32 Å². The van der Waals surface area contributed by atoms with E-state index in [1.165, 1.54) is 23.5 Å². The molecule has 0 radical (unpaired) electrons. The number of sulfonamides is 1. The lowest BCUT2D eigenvalue weighted by Gasteiger charge is -2.31. The predicted octanol–water partition coefficient (Wildman–Crippen LogP) is 0.567. The van der Waals surface area contributed by atoms with E-state index in [4.69, 9.17) is 0 Å². The molecule has 0 fully saturated rings. The highest BCUT2D eigenvalue weighted by Gasteiger charge is 2.46. The van der Waals surface area contributed by atoms with E-state index in [-0.39, 0.29) is 10.5 Å². The van der Waals surface area contributed by atoms with Crippen LogP contribution in [0.15, 0.2) is 29.2 Å². The van der Waals surface area contributed by atoms with Crippen LogP contribution in [0, 0.1) is 0 Å². The van der Waals surface area contributed by atoms with Crippen LogP contribution in [0.4, 0.5) is 13.2 Å². The quantitative estimate of drug-likeness (QED) is 0.819. The van der Waals surface area contributed by atoms with Crippen molar-refractivity contribution in [1.82, 2.24) is 9.62 Å². The number of carbonyl (C=O) groups excluding carboxylic acids is 2. The molecule has 1 unspecified atom stereocenters. The van der Waals surface area contributed by atoms with Gasteiger partial charge in [-0.1, -0.05) is 18.2 Å². The molecular formula is C11H9F3N2O4S. The molecule has 0 bridgehead atoms. The fraction of sp³-hybridized carbons (Fsp3) is 0.273. The van der Waals surface area contributed by atoms with Gasteiger partial charge in [0.05, 0.1) is 4.90 Å². The summed E-state index contributed by atoms with van der Waals surface area (Å²) in [5.74, 6) is -3.48. The second-order valence-corrected chi connectivity index (χ2v) is 6.19. The average Bonchev–Trinajstić information content (AvgIpc) is 2.40. The normalized spacial score (nSPS) is 20.9. The molecule has 0 saturated heterocycles. The molecule has 1 aliphatic rings. The Hall–Kier alpha value is -2.10. The summed E-state index contributed by atoms with van der Waals surface area (Å²) in [5.41, 5.74) is -0.196. The van der Waals surface area contributed by atoms with Gasteiger partial charge in [0.2, 0.25) is 0 Å². The van der Waals surface area contributed by atoms with Crippen molar-refractivity contribution >= 4 is 21.8 Å². The lowest BCUT2D eigenvalue weighted by Crippen LogP contribution is -2.50. The Morgan fingerprint density at radius 3 is 2.43 bits per heavy atom. The summed E-state index contributed by atoms with van der Waals surface area (Å²) < 4.78 is 61.2. The van der Waals surface area contributed by atoms with Crippen LogP contribution in [-0.4, -0.2) is 37.8 Å². The first-order valence-electron chi connectivity index (χ1n) is 5.56. The average molecular weight is 322 g/mol. The van der Waals surface area contributed by atoms with Gasteiger partial charge in [-0.3, -0.25) is 9.59 Å². The van der Waals surface area contributed by atoms with Crippen molar-refractivity contribution < 1.29 is 31.2 Å². The first kappa shape index (κ1) is 15.3. The van der Waals surface area contributed by atoms with Crippen LogP contribution >= 0.6 is 0 Å². The molecule has 2 rings (SSSR count). The molecule has 10 heteroatoms. The maximum absolute atomic E-state index is 12.3. The molecule has 6 nitrogen and oxygen atoms in total. The van der Waals surface area contributed by atoms with Crippen molar-refractivity contribution in [3.8, 4) is 0 Å². The van der Waals surface area contributed by atoms with Crippen LogP contribution in [0.25, 0.3) is 0 Å². The van der Waals surface area contributed by atoms with Gasteiger partial charge in [0.15, 0.2) is 0 Å². The van der Waals surface area contributed by atoms with E-state index in [1.807, 2.05) is 0 Å². The Morgan fingerprint density at radius 2 is 1.86 bits per heavy atom. The molecule has 1 N–H and O–H groups in total. The lowest BCUT2D eigenvalue weighted by molar-refractivity contribution is -0.175. The van der Waals surface area contributed by atoms with Crippen molar-refractivity contribution in [3.05, 3.63) is 29.8 Å². The molecule has 0 aromatic heterocycles. The number of amides is 2. The third-order valence-electron chi connectivity index (χ3n) is 2.96. The van der Waals surface area contributed by atoms with Gasteiger partial charge in [-0.25, -0.2) is 12.7 Å². The monoisotopic (exact) mass is 322 g/mol. The fourth-order valence-corrected chi connectivity index (χ4v) is 3.26. The molecule has 0 saturated carbocycles. The van der Waals surface area contributed by atoms with Gasteiger partial charge in [0.1, 0.15) is 6.04 Å². The van der Waals surface area contributed by atoms with Crippen LogP contribution in [0.1, 0.15) is 11.6 Å². The Labute approximate surface area is 117 Å². The van der Waals surface area contributed by atoms with Crippen molar-refractivity contribution in [3.63, 3.8) is 0 Å². The Bertz CT molecular complexity index is 714. The van der Waals surface area contributed by atoms with Crippen LogP contribution in [0.2, 0.25) is 0 Å². The van der Waals surface area contributed by atoms with Gasteiger partial charge >= 0.3 is 12.1 Å². The van der Waals surface area contributed by atoms with Crippen molar-refractivity contribution in [2.45, 2.75) is 17.1 Å². The largest absolute Gasteiger partial charge is 0.471 e. The van der Waals surface area contributed by atoms with Gasteiger partial charge in [-0.05, 0) is 6.07 Å². The zero-order valence-electron chi connectivity index (χ0n) is 10.5. The number of hydrogen-bond acceptors (Lipinski definition) is 4. The van der Waals surface area contributed by atoms with Gasteiger partial charge in [0, 0.05) is 12.6 Å². The van der Waals surface area contributed by atoms with Gasteiger partial charge in [-0.2, -0.15) is 13.2 Å². The maximum Gasteiger partial charge on any atom is 0.471 e.